The first-order chi connectivity index (χ1) is 11.8. The molecule has 0 spiro atoms. The summed E-state index contributed by atoms with van der Waals surface area (Å²) in [4.78, 5) is 0. The van der Waals surface area contributed by atoms with Gasteiger partial charge in [-0.15, -0.1) is 0 Å². The van der Waals surface area contributed by atoms with Gasteiger partial charge in [-0.1, -0.05) is 90.5 Å². The molecule has 118 valence electrons. The summed E-state index contributed by atoms with van der Waals surface area (Å²) in [6.07, 6.45) is 4.34. The minimum absolute atomic E-state index is 0.316. The van der Waals surface area contributed by atoms with Gasteiger partial charge in [-0.2, -0.15) is 0 Å². The van der Waals surface area contributed by atoms with Gasteiger partial charge < -0.3 is 5.32 Å². The van der Waals surface area contributed by atoms with Crippen molar-refractivity contribution in [2.75, 3.05) is 0 Å². The highest BCUT2D eigenvalue weighted by Gasteiger charge is 2.22. The zero-order valence-electron chi connectivity index (χ0n) is 13.9. The molecule has 1 N–H and O–H groups in total. The molecule has 0 saturated carbocycles. The second-order valence-electron chi connectivity index (χ2n) is 6.42. The molecule has 1 aliphatic rings. The highest BCUT2D eigenvalue weighted by Crippen LogP contribution is 2.30. The lowest BCUT2D eigenvalue weighted by Crippen LogP contribution is -2.13. The average Bonchev–Trinajstić information content (AvgIpc) is 3.06. The van der Waals surface area contributed by atoms with E-state index < -0.39 is 0 Å². The molecule has 1 heteroatoms. The van der Waals surface area contributed by atoms with Gasteiger partial charge in [-0.25, -0.2) is 0 Å². The SMILES string of the molecule is Cc1ccc(C=Cc2ccc(C3NCc4ccccc43)cc2)cc1. The molecular weight excluding hydrogens is 290 g/mol. The Kier molecular flexibility index (Phi) is 4.02. The van der Waals surface area contributed by atoms with E-state index in [1.165, 1.54) is 33.4 Å². The zero-order chi connectivity index (χ0) is 16.4. The fourth-order valence-corrected chi connectivity index (χ4v) is 3.27. The molecule has 1 heterocycles. The molecule has 1 unspecified atom stereocenters. The molecule has 0 bridgehead atoms. The Hall–Kier alpha value is -2.64. The van der Waals surface area contributed by atoms with Crippen molar-refractivity contribution in [3.63, 3.8) is 0 Å². The Bertz CT molecular complexity index is 857. The Labute approximate surface area is 143 Å². The maximum atomic E-state index is 3.60. The number of aryl methyl sites for hydroxylation is 1. The first-order valence-electron chi connectivity index (χ1n) is 8.45. The van der Waals surface area contributed by atoms with Gasteiger partial charge in [-0.05, 0) is 34.7 Å². The number of fused-ring (bicyclic) bond motifs is 1. The summed E-state index contributed by atoms with van der Waals surface area (Å²) in [6.45, 7) is 3.07. The van der Waals surface area contributed by atoms with Gasteiger partial charge in [0, 0.05) is 6.54 Å². The van der Waals surface area contributed by atoms with Gasteiger partial charge in [0.2, 0.25) is 0 Å². The van der Waals surface area contributed by atoms with E-state index in [2.05, 4.69) is 97.2 Å². The smallest absolute Gasteiger partial charge is 0.0582 e. The van der Waals surface area contributed by atoms with Crippen molar-refractivity contribution in [1.29, 1.82) is 0 Å². The number of nitrogens with one attached hydrogen (secondary N) is 1. The van der Waals surface area contributed by atoms with Crippen molar-refractivity contribution in [2.24, 2.45) is 0 Å². The third-order valence-electron chi connectivity index (χ3n) is 4.68. The van der Waals surface area contributed by atoms with Crippen molar-refractivity contribution >= 4 is 12.2 Å². The molecule has 0 saturated heterocycles. The van der Waals surface area contributed by atoms with Crippen LogP contribution in [0.5, 0.6) is 0 Å². The van der Waals surface area contributed by atoms with Crippen LogP contribution in [-0.4, -0.2) is 0 Å². The van der Waals surface area contributed by atoms with E-state index >= 15 is 0 Å². The molecule has 1 nitrogen and oxygen atoms in total. The zero-order valence-corrected chi connectivity index (χ0v) is 13.9. The predicted molar refractivity (Wildman–Crippen MR) is 102 cm³/mol. The topological polar surface area (TPSA) is 12.0 Å². The number of rotatable bonds is 3. The Morgan fingerprint density at radius 3 is 2.12 bits per heavy atom. The van der Waals surface area contributed by atoms with Gasteiger partial charge in [0.05, 0.1) is 6.04 Å². The lowest BCUT2D eigenvalue weighted by molar-refractivity contribution is 0.667. The summed E-state index contributed by atoms with van der Waals surface area (Å²) >= 11 is 0. The standard InChI is InChI=1S/C23H21N/c1-17-6-8-18(9-7-17)10-11-19-12-14-20(15-13-19)23-22-5-3-2-4-21(22)16-24-23/h2-15,23-24H,16H2,1H3. The molecule has 0 aromatic heterocycles. The van der Waals surface area contributed by atoms with Gasteiger partial charge in [0.15, 0.2) is 0 Å². The minimum Gasteiger partial charge on any atom is -0.302 e. The van der Waals surface area contributed by atoms with E-state index in [-0.39, 0.29) is 0 Å². The molecule has 3 aromatic carbocycles. The van der Waals surface area contributed by atoms with Crippen LogP contribution in [0.2, 0.25) is 0 Å². The highest BCUT2D eigenvalue weighted by atomic mass is 14.9. The fourth-order valence-electron chi connectivity index (χ4n) is 3.27. The summed E-state index contributed by atoms with van der Waals surface area (Å²) in [6, 6.07) is 26.4. The molecule has 0 radical (unpaired) electrons. The van der Waals surface area contributed by atoms with Crippen LogP contribution in [-0.2, 0) is 6.54 Å². The first-order valence-corrected chi connectivity index (χ1v) is 8.45. The normalized spacial score (nSPS) is 16.5. The summed E-state index contributed by atoms with van der Waals surface area (Å²) in [7, 11) is 0. The van der Waals surface area contributed by atoms with Gasteiger partial charge >= 0.3 is 0 Å². The van der Waals surface area contributed by atoms with Crippen LogP contribution in [0.15, 0.2) is 72.8 Å². The third kappa shape index (κ3) is 3.04. The highest BCUT2D eigenvalue weighted by molar-refractivity contribution is 5.69. The lowest BCUT2D eigenvalue weighted by Gasteiger charge is -2.12. The van der Waals surface area contributed by atoms with E-state index in [0.717, 1.165) is 6.54 Å². The second-order valence-corrected chi connectivity index (χ2v) is 6.42. The van der Waals surface area contributed by atoms with Crippen molar-refractivity contribution in [3.8, 4) is 0 Å². The summed E-state index contributed by atoms with van der Waals surface area (Å²) < 4.78 is 0. The molecule has 0 aliphatic carbocycles. The van der Waals surface area contributed by atoms with Crippen LogP contribution >= 0.6 is 0 Å². The van der Waals surface area contributed by atoms with Gasteiger partial charge in [0.25, 0.3) is 0 Å². The molecular formula is C23H21N. The van der Waals surface area contributed by atoms with Crippen molar-refractivity contribution in [2.45, 2.75) is 19.5 Å². The van der Waals surface area contributed by atoms with Gasteiger partial charge in [-0.3, -0.25) is 0 Å². The fraction of sp³-hybridized carbons (Fsp3) is 0.130. The van der Waals surface area contributed by atoms with Crippen LogP contribution in [0, 0.1) is 6.92 Å². The monoisotopic (exact) mass is 311 g/mol. The van der Waals surface area contributed by atoms with Crippen molar-refractivity contribution in [3.05, 3.63) is 106 Å². The quantitative estimate of drug-likeness (QED) is 0.642. The summed E-state index contributed by atoms with van der Waals surface area (Å²) in [5, 5.41) is 3.60. The maximum absolute atomic E-state index is 3.60. The van der Waals surface area contributed by atoms with E-state index in [4.69, 9.17) is 0 Å². The largest absolute Gasteiger partial charge is 0.302 e. The molecule has 24 heavy (non-hydrogen) atoms. The second kappa shape index (κ2) is 6.46. The summed E-state index contributed by atoms with van der Waals surface area (Å²) in [5.41, 5.74) is 7.89. The summed E-state index contributed by atoms with van der Waals surface area (Å²) in [5.74, 6) is 0. The van der Waals surface area contributed by atoms with E-state index in [0.29, 0.717) is 6.04 Å². The van der Waals surface area contributed by atoms with Crippen LogP contribution in [0.3, 0.4) is 0 Å². The molecule has 1 aliphatic heterocycles. The van der Waals surface area contributed by atoms with Crippen molar-refractivity contribution in [1.82, 2.24) is 5.32 Å². The van der Waals surface area contributed by atoms with E-state index in [9.17, 15) is 0 Å². The minimum atomic E-state index is 0.316. The molecule has 0 fully saturated rings. The molecule has 0 amide bonds. The van der Waals surface area contributed by atoms with Crippen LogP contribution in [0.25, 0.3) is 12.2 Å². The molecule has 3 aromatic rings. The number of benzene rings is 3. The van der Waals surface area contributed by atoms with Crippen LogP contribution in [0.1, 0.15) is 39.4 Å². The van der Waals surface area contributed by atoms with Gasteiger partial charge in [0.1, 0.15) is 0 Å². The average molecular weight is 311 g/mol. The van der Waals surface area contributed by atoms with Crippen LogP contribution in [0.4, 0.5) is 0 Å². The Balaban J connectivity index is 1.52. The third-order valence-corrected chi connectivity index (χ3v) is 4.68. The number of hydrogen-bond acceptors (Lipinski definition) is 1. The van der Waals surface area contributed by atoms with Crippen LogP contribution < -0.4 is 5.32 Å². The van der Waals surface area contributed by atoms with E-state index in [1.54, 1.807) is 0 Å². The molecule has 4 rings (SSSR count). The first kappa shape index (κ1) is 14.9. The maximum Gasteiger partial charge on any atom is 0.0582 e. The van der Waals surface area contributed by atoms with E-state index in [1.807, 2.05) is 0 Å². The lowest BCUT2D eigenvalue weighted by atomic mass is 9.97. The predicted octanol–water partition coefficient (Wildman–Crippen LogP) is 5.36. The van der Waals surface area contributed by atoms with Crippen molar-refractivity contribution < 1.29 is 0 Å². The Morgan fingerprint density at radius 2 is 1.42 bits per heavy atom. The Morgan fingerprint density at radius 1 is 0.792 bits per heavy atom. The number of hydrogen-bond donors (Lipinski definition) is 1. The molecule has 1 atom stereocenters.